The van der Waals surface area contributed by atoms with Gasteiger partial charge >= 0.3 is 0 Å². The van der Waals surface area contributed by atoms with E-state index < -0.39 is 0 Å². The van der Waals surface area contributed by atoms with Gasteiger partial charge in [-0.2, -0.15) is 0 Å². The maximum absolute atomic E-state index is 13.2. The highest BCUT2D eigenvalue weighted by molar-refractivity contribution is 5.97. The van der Waals surface area contributed by atoms with Crippen LogP contribution in [0.4, 0.5) is 0 Å². The topological polar surface area (TPSA) is 84.2 Å². The summed E-state index contributed by atoms with van der Waals surface area (Å²) in [5, 5.41) is 29.6. The quantitative estimate of drug-likeness (QED) is 0.663. The third-order valence-electron chi connectivity index (χ3n) is 6.53. The molecule has 4 rings (SSSR count). The van der Waals surface area contributed by atoms with Crippen LogP contribution in [0.15, 0.2) is 36.4 Å². The number of aliphatic hydroxyl groups excluding tert-OH is 1. The smallest absolute Gasteiger partial charge is 0.258 e. The molecule has 0 aromatic heterocycles. The number of phenolic OH excluding ortho intramolecular Hbond substituents is 2. The van der Waals surface area contributed by atoms with Crippen LogP contribution in [0.2, 0.25) is 0 Å². The standard InChI is InChI=1S/C26H32N2O4/c1-17(2)22-13-23(25(31)14-24(22)30)26(32)28-15-20-6-5-19(12-21(20)16-28)18-4-3-8-27(9-7-18)10-11-29/h4-6,12-14,17,29-31H,3,7-11,15-16H2,1-2H3. The molecule has 6 heteroatoms. The summed E-state index contributed by atoms with van der Waals surface area (Å²) in [7, 11) is 0. The average Bonchev–Trinajstić information content (AvgIpc) is 3.05. The Morgan fingerprint density at radius 2 is 1.81 bits per heavy atom. The van der Waals surface area contributed by atoms with Crippen molar-refractivity contribution in [1.82, 2.24) is 9.80 Å². The largest absolute Gasteiger partial charge is 0.508 e. The summed E-state index contributed by atoms with van der Waals surface area (Å²) in [4.78, 5) is 17.2. The number of hydrogen-bond donors (Lipinski definition) is 3. The lowest BCUT2D eigenvalue weighted by Crippen LogP contribution is -2.27. The normalized spacial score (nSPS) is 16.8. The Hall–Kier alpha value is -2.83. The Bertz CT molecular complexity index is 1040. The zero-order valence-corrected chi connectivity index (χ0v) is 18.8. The first-order valence-electron chi connectivity index (χ1n) is 11.4. The number of benzene rings is 2. The SMILES string of the molecule is CC(C)c1cc(C(=O)N2Cc3ccc(C4=CCCN(CCO)CC4)cc3C2)c(O)cc1O. The Balaban J connectivity index is 1.51. The van der Waals surface area contributed by atoms with Crippen LogP contribution in [0.3, 0.4) is 0 Å². The molecule has 0 bridgehead atoms. The number of β-amino-alcohol motifs (C(OH)–C–C–N with tert-alkyl or cyclic N) is 1. The first-order valence-corrected chi connectivity index (χ1v) is 11.4. The summed E-state index contributed by atoms with van der Waals surface area (Å²) in [6.45, 7) is 7.70. The number of aliphatic hydroxyl groups is 1. The summed E-state index contributed by atoms with van der Waals surface area (Å²) in [5.41, 5.74) is 5.65. The van der Waals surface area contributed by atoms with Gasteiger partial charge in [0, 0.05) is 38.8 Å². The maximum Gasteiger partial charge on any atom is 0.258 e. The number of amides is 1. The fourth-order valence-electron chi connectivity index (χ4n) is 4.68. The van der Waals surface area contributed by atoms with E-state index in [1.807, 2.05) is 13.8 Å². The zero-order chi connectivity index (χ0) is 22.8. The highest BCUT2D eigenvalue weighted by Crippen LogP contribution is 2.35. The van der Waals surface area contributed by atoms with Gasteiger partial charge in [0.1, 0.15) is 11.5 Å². The molecule has 2 aliphatic rings. The van der Waals surface area contributed by atoms with Crippen molar-refractivity contribution in [3.05, 3.63) is 64.2 Å². The summed E-state index contributed by atoms with van der Waals surface area (Å²) < 4.78 is 0. The van der Waals surface area contributed by atoms with Gasteiger partial charge in [-0.1, -0.05) is 32.1 Å². The molecule has 0 unspecified atom stereocenters. The number of fused-ring (bicyclic) bond motifs is 1. The monoisotopic (exact) mass is 436 g/mol. The molecule has 0 radical (unpaired) electrons. The molecule has 2 aromatic carbocycles. The molecule has 0 spiro atoms. The maximum atomic E-state index is 13.2. The molecule has 170 valence electrons. The molecule has 2 aromatic rings. The van der Waals surface area contributed by atoms with Crippen molar-refractivity contribution in [3.63, 3.8) is 0 Å². The summed E-state index contributed by atoms with van der Waals surface area (Å²) in [6, 6.07) is 9.30. The molecular formula is C26H32N2O4. The Morgan fingerprint density at radius 1 is 1.03 bits per heavy atom. The number of phenols is 2. The summed E-state index contributed by atoms with van der Waals surface area (Å²) >= 11 is 0. The van der Waals surface area contributed by atoms with Crippen LogP contribution in [0.5, 0.6) is 11.5 Å². The molecule has 32 heavy (non-hydrogen) atoms. The first-order chi connectivity index (χ1) is 15.4. The van der Waals surface area contributed by atoms with E-state index in [1.165, 1.54) is 17.2 Å². The van der Waals surface area contributed by atoms with E-state index in [0.29, 0.717) is 25.2 Å². The molecule has 0 saturated heterocycles. The molecule has 0 atom stereocenters. The van der Waals surface area contributed by atoms with E-state index in [2.05, 4.69) is 29.2 Å². The van der Waals surface area contributed by atoms with Crippen molar-refractivity contribution >= 4 is 11.5 Å². The molecule has 0 saturated carbocycles. The van der Waals surface area contributed by atoms with E-state index in [4.69, 9.17) is 0 Å². The van der Waals surface area contributed by atoms with Gasteiger partial charge in [0.15, 0.2) is 0 Å². The van der Waals surface area contributed by atoms with Crippen molar-refractivity contribution in [2.75, 3.05) is 26.2 Å². The molecule has 2 aliphatic heterocycles. The van der Waals surface area contributed by atoms with Gasteiger partial charge in [0.05, 0.1) is 12.2 Å². The number of carbonyl (C=O) groups excluding carboxylic acids is 1. The lowest BCUT2D eigenvalue weighted by molar-refractivity contribution is 0.0748. The second-order valence-electron chi connectivity index (χ2n) is 9.06. The highest BCUT2D eigenvalue weighted by Gasteiger charge is 2.27. The third-order valence-corrected chi connectivity index (χ3v) is 6.53. The minimum absolute atomic E-state index is 0.0117. The van der Waals surface area contributed by atoms with Crippen LogP contribution < -0.4 is 0 Å². The van der Waals surface area contributed by atoms with Gasteiger partial charge in [-0.15, -0.1) is 0 Å². The summed E-state index contributed by atoms with van der Waals surface area (Å²) in [5.74, 6) is -0.362. The molecule has 3 N–H and O–H groups in total. The Morgan fingerprint density at radius 3 is 2.56 bits per heavy atom. The minimum atomic E-state index is -0.226. The molecular weight excluding hydrogens is 404 g/mol. The van der Waals surface area contributed by atoms with Gasteiger partial charge in [0.25, 0.3) is 5.91 Å². The van der Waals surface area contributed by atoms with Crippen LogP contribution in [-0.2, 0) is 13.1 Å². The second kappa shape index (κ2) is 9.35. The lowest BCUT2D eigenvalue weighted by atomic mass is 9.98. The highest BCUT2D eigenvalue weighted by atomic mass is 16.3. The van der Waals surface area contributed by atoms with E-state index in [1.54, 1.807) is 11.0 Å². The first kappa shape index (κ1) is 22.4. The number of hydrogen-bond acceptors (Lipinski definition) is 5. The fourth-order valence-corrected chi connectivity index (χ4v) is 4.68. The van der Waals surface area contributed by atoms with Gasteiger partial charge < -0.3 is 25.1 Å². The molecule has 6 nitrogen and oxygen atoms in total. The van der Waals surface area contributed by atoms with Crippen LogP contribution in [0.1, 0.15) is 65.2 Å². The van der Waals surface area contributed by atoms with Gasteiger partial charge in [-0.25, -0.2) is 0 Å². The van der Waals surface area contributed by atoms with Gasteiger partial charge in [-0.3, -0.25) is 4.79 Å². The fraction of sp³-hybridized carbons (Fsp3) is 0.423. The Labute approximate surface area is 189 Å². The Kier molecular flexibility index (Phi) is 6.53. The minimum Gasteiger partial charge on any atom is -0.508 e. The molecule has 1 amide bonds. The van der Waals surface area contributed by atoms with E-state index in [0.717, 1.165) is 37.1 Å². The number of aromatic hydroxyl groups is 2. The predicted molar refractivity (Wildman–Crippen MR) is 125 cm³/mol. The van der Waals surface area contributed by atoms with Crippen molar-refractivity contribution < 1.29 is 20.1 Å². The average molecular weight is 437 g/mol. The van der Waals surface area contributed by atoms with E-state index >= 15 is 0 Å². The van der Waals surface area contributed by atoms with E-state index in [9.17, 15) is 20.1 Å². The summed E-state index contributed by atoms with van der Waals surface area (Å²) in [6.07, 6.45) is 4.20. The molecule has 0 aliphatic carbocycles. The van der Waals surface area contributed by atoms with Crippen molar-refractivity contribution in [2.24, 2.45) is 0 Å². The lowest BCUT2D eigenvalue weighted by Gasteiger charge is -2.18. The van der Waals surface area contributed by atoms with Crippen LogP contribution in [0, 0.1) is 0 Å². The van der Waals surface area contributed by atoms with Crippen molar-refractivity contribution in [1.29, 1.82) is 0 Å². The number of carbonyl (C=O) groups is 1. The van der Waals surface area contributed by atoms with Crippen LogP contribution in [0.25, 0.3) is 5.57 Å². The predicted octanol–water partition coefficient (Wildman–Crippen LogP) is 3.85. The van der Waals surface area contributed by atoms with Crippen LogP contribution >= 0.6 is 0 Å². The third kappa shape index (κ3) is 4.52. The van der Waals surface area contributed by atoms with Crippen molar-refractivity contribution in [2.45, 2.75) is 45.7 Å². The van der Waals surface area contributed by atoms with Crippen LogP contribution in [-0.4, -0.2) is 57.3 Å². The zero-order valence-electron chi connectivity index (χ0n) is 18.8. The van der Waals surface area contributed by atoms with Crippen molar-refractivity contribution in [3.8, 4) is 11.5 Å². The number of rotatable bonds is 5. The molecule has 2 heterocycles. The number of nitrogens with zero attached hydrogens (tertiary/aromatic N) is 2. The van der Waals surface area contributed by atoms with E-state index in [-0.39, 0.29) is 35.5 Å². The van der Waals surface area contributed by atoms with Gasteiger partial charge in [-0.05, 0) is 58.7 Å². The second-order valence-corrected chi connectivity index (χ2v) is 9.06. The van der Waals surface area contributed by atoms with Gasteiger partial charge in [0.2, 0.25) is 0 Å². The molecule has 0 fully saturated rings.